The third-order valence-corrected chi connectivity index (χ3v) is 7.94. The molecule has 2 aromatic rings. The van der Waals surface area contributed by atoms with E-state index in [0.717, 1.165) is 67.6 Å². The maximum atomic E-state index is 13.2. The number of ether oxygens (including phenoxy) is 1. The smallest absolute Gasteiger partial charge is 0.251 e. The van der Waals surface area contributed by atoms with Gasteiger partial charge in [-0.3, -0.25) is 4.79 Å². The fraction of sp³-hybridized carbons (Fsp3) is 0.516. The van der Waals surface area contributed by atoms with Crippen molar-refractivity contribution in [3.05, 3.63) is 58.7 Å². The van der Waals surface area contributed by atoms with Gasteiger partial charge < -0.3 is 19.7 Å². The van der Waals surface area contributed by atoms with Crippen LogP contribution < -0.4 is 15.0 Å². The monoisotopic (exact) mass is 503 g/mol. The summed E-state index contributed by atoms with van der Waals surface area (Å²) >= 11 is 0. The highest BCUT2D eigenvalue weighted by atomic mass is 16.5. The van der Waals surface area contributed by atoms with Gasteiger partial charge in [-0.2, -0.15) is 5.26 Å². The van der Waals surface area contributed by atoms with Gasteiger partial charge in [-0.15, -0.1) is 0 Å². The average molecular weight is 504 g/mol. The van der Waals surface area contributed by atoms with Crippen molar-refractivity contribution in [1.82, 2.24) is 5.32 Å². The van der Waals surface area contributed by atoms with Crippen LogP contribution in [0.3, 0.4) is 0 Å². The third-order valence-electron chi connectivity index (χ3n) is 7.94. The van der Waals surface area contributed by atoms with Crippen molar-refractivity contribution in [2.75, 3.05) is 18.0 Å². The molecule has 0 bridgehead atoms. The van der Waals surface area contributed by atoms with Gasteiger partial charge >= 0.3 is 0 Å². The first-order valence-corrected chi connectivity index (χ1v) is 13.4. The van der Waals surface area contributed by atoms with E-state index in [4.69, 9.17) is 4.74 Å². The lowest BCUT2D eigenvalue weighted by Crippen LogP contribution is -2.51. The van der Waals surface area contributed by atoms with Crippen molar-refractivity contribution in [2.45, 2.75) is 79.4 Å². The Balaban J connectivity index is 1.69. The van der Waals surface area contributed by atoms with Crippen molar-refractivity contribution >= 4 is 17.9 Å². The minimum absolute atomic E-state index is 0.0902. The molecule has 0 unspecified atom stereocenters. The van der Waals surface area contributed by atoms with Gasteiger partial charge in [0, 0.05) is 41.7 Å². The second-order valence-corrected chi connectivity index (χ2v) is 10.8. The standard InChI is InChI=1S/C31H41N3O3/c1-7-28(31(5,6)29(8-2)37-26-17-21(3)27(19-32)22(4)18-26)33-30(36)24-9-11-25(12-10-24)34-15-13-23(20-35)14-16-34/h9-12,17-18,20,23,28-29H,7-8,13-16H2,1-6H3,(H,33,36)/t28-,29-/m0/s1. The molecule has 0 radical (unpaired) electrons. The first-order valence-electron chi connectivity index (χ1n) is 13.4. The number of aldehydes is 1. The molecule has 6 nitrogen and oxygen atoms in total. The summed E-state index contributed by atoms with van der Waals surface area (Å²) in [5.74, 6) is 0.824. The zero-order valence-corrected chi connectivity index (χ0v) is 23.1. The van der Waals surface area contributed by atoms with Crippen LogP contribution in [0.25, 0.3) is 0 Å². The number of nitrogens with one attached hydrogen (secondary N) is 1. The molecule has 0 saturated carbocycles. The van der Waals surface area contributed by atoms with Gasteiger partial charge in [-0.1, -0.05) is 27.7 Å². The Kier molecular flexibility index (Phi) is 9.37. The lowest BCUT2D eigenvalue weighted by molar-refractivity contribution is -0.111. The summed E-state index contributed by atoms with van der Waals surface area (Å²) < 4.78 is 6.47. The van der Waals surface area contributed by atoms with Crippen LogP contribution in [0.2, 0.25) is 0 Å². The van der Waals surface area contributed by atoms with Crippen LogP contribution in [0.15, 0.2) is 36.4 Å². The van der Waals surface area contributed by atoms with Crippen LogP contribution in [-0.2, 0) is 4.79 Å². The third kappa shape index (κ3) is 6.52. The van der Waals surface area contributed by atoms with E-state index in [1.807, 2.05) is 50.2 Å². The van der Waals surface area contributed by atoms with Gasteiger partial charge in [-0.05, 0) is 87.1 Å². The summed E-state index contributed by atoms with van der Waals surface area (Å²) in [6.07, 6.45) is 4.25. The van der Waals surface area contributed by atoms with Crippen LogP contribution in [0, 0.1) is 36.5 Å². The zero-order valence-electron chi connectivity index (χ0n) is 23.1. The highest BCUT2D eigenvalue weighted by Gasteiger charge is 2.38. The fourth-order valence-electron chi connectivity index (χ4n) is 5.49. The van der Waals surface area contributed by atoms with E-state index in [9.17, 15) is 14.9 Å². The Morgan fingerprint density at radius 2 is 1.73 bits per heavy atom. The topological polar surface area (TPSA) is 82.4 Å². The molecule has 2 aromatic carbocycles. The van der Waals surface area contributed by atoms with Crippen molar-refractivity contribution in [1.29, 1.82) is 5.26 Å². The maximum absolute atomic E-state index is 13.2. The molecular weight excluding hydrogens is 462 g/mol. The summed E-state index contributed by atoms with van der Waals surface area (Å²) in [6.45, 7) is 14.0. The second kappa shape index (κ2) is 12.3. The number of nitrogens with zero attached hydrogens (tertiary/aromatic N) is 2. The van der Waals surface area contributed by atoms with Crippen LogP contribution in [0.4, 0.5) is 5.69 Å². The van der Waals surface area contributed by atoms with Crippen LogP contribution in [0.5, 0.6) is 5.75 Å². The van der Waals surface area contributed by atoms with E-state index in [0.29, 0.717) is 11.1 Å². The van der Waals surface area contributed by atoms with Crippen molar-refractivity contribution < 1.29 is 14.3 Å². The lowest BCUT2D eigenvalue weighted by atomic mass is 9.76. The zero-order chi connectivity index (χ0) is 27.2. The van der Waals surface area contributed by atoms with Gasteiger partial charge in [0.15, 0.2) is 0 Å². The van der Waals surface area contributed by atoms with Gasteiger partial charge in [-0.25, -0.2) is 0 Å². The van der Waals surface area contributed by atoms with E-state index in [1.165, 1.54) is 0 Å². The minimum atomic E-state index is -0.336. The molecule has 6 heteroatoms. The number of amides is 1. The summed E-state index contributed by atoms with van der Waals surface area (Å²) in [7, 11) is 0. The lowest BCUT2D eigenvalue weighted by Gasteiger charge is -2.40. The minimum Gasteiger partial charge on any atom is -0.490 e. The van der Waals surface area contributed by atoms with E-state index >= 15 is 0 Å². The molecule has 3 rings (SSSR count). The number of piperidine rings is 1. The molecule has 0 aliphatic carbocycles. The summed E-state index contributed by atoms with van der Waals surface area (Å²) in [5, 5.41) is 12.6. The number of hydrogen-bond donors (Lipinski definition) is 1. The second-order valence-electron chi connectivity index (χ2n) is 10.8. The van der Waals surface area contributed by atoms with E-state index < -0.39 is 0 Å². The molecule has 1 fully saturated rings. The number of carbonyl (C=O) groups excluding carboxylic acids is 2. The average Bonchev–Trinajstić information content (AvgIpc) is 2.90. The number of anilines is 1. The quantitative estimate of drug-likeness (QED) is 0.403. The Hall–Kier alpha value is -3.33. The van der Waals surface area contributed by atoms with Gasteiger partial charge in [0.25, 0.3) is 5.91 Å². The highest BCUT2D eigenvalue weighted by molar-refractivity contribution is 5.94. The number of nitriles is 1. The highest BCUT2D eigenvalue weighted by Crippen LogP contribution is 2.34. The molecule has 0 spiro atoms. The number of benzene rings is 2. The molecule has 2 atom stereocenters. The predicted octanol–water partition coefficient (Wildman–Crippen LogP) is 5.98. The molecule has 0 aromatic heterocycles. The predicted molar refractivity (Wildman–Crippen MR) is 148 cm³/mol. The Morgan fingerprint density at radius 3 is 2.22 bits per heavy atom. The number of rotatable bonds is 10. The Bertz CT molecular complexity index is 1100. The van der Waals surface area contributed by atoms with E-state index in [2.05, 4.69) is 44.0 Å². The van der Waals surface area contributed by atoms with E-state index in [1.54, 1.807) is 0 Å². The van der Waals surface area contributed by atoms with Crippen molar-refractivity contribution in [3.8, 4) is 11.8 Å². The molecule has 1 N–H and O–H groups in total. The molecule has 1 heterocycles. The van der Waals surface area contributed by atoms with Crippen LogP contribution >= 0.6 is 0 Å². The molecule has 1 aliphatic heterocycles. The molecule has 1 aliphatic rings. The summed E-state index contributed by atoms with van der Waals surface area (Å²) in [5.41, 5.74) is 3.88. The first kappa shape index (κ1) is 28.2. The molecular formula is C31H41N3O3. The largest absolute Gasteiger partial charge is 0.490 e. The van der Waals surface area contributed by atoms with Gasteiger partial charge in [0.2, 0.25) is 0 Å². The first-order chi connectivity index (χ1) is 17.6. The fourth-order valence-corrected chi connectivity index (χ4v) is 5.49. The molecule has 1 saturated heterocycles. The molecule has 1 amide bonds. The van der Waals surface area contributed by atoms with Crippen molar-refractivity contribution in [3.63, 3.8) is 0 Å². The number of carbonyl (C=O) groups is 2. The summed E-state index contributed by atoms with van der Waals surface area (Å²) in [6, 6.07) is 13.8. The molecule has 198 valence electrons. The maximum Gasteiger partial charge on any atom is 0.251 e. The Labute approximate surface area is 222 Å². The number of aryl methyl sites for hydroxylation is 2. The van der Waals surface area contributed by atoms with Crippen LogP contribution in [-0.4, -0.2) is 37.4 Å². The number of hydrogen-bond acceptors (Lipinski definition) is 5. The Morgan fingerprint density at radius 1 is 1.14 bits per heavy atom. The molecule has 37 heavy (non-hydrogen) atoms. The van der Waals surface area contributed by atoms with Gasteiger partial charge in [0.05, 0.1) is 11.6 Å². The van der Waals surface area contributed by atoms with Crippen LogP contribution in [0.1, 0.15) is 80.4 Å². The van der Waals surface area contributed by atoms with Crippen molar-refractivity contribution in [2.24, 2.45) is 11.3 Å². The summed E-state index contributed by atoms with van der Waals surface area (Å²) in [4.78, 5) is 26.5. The van der Waals surface area contributed by atoms with Gasteiger partial charge in [0.1, 0.15) is 18.1 Å². The SMILES string of the molecule is CC[C@H](NC(=O)c1ccc(N2CCC(C=O)CC2)cc1)C(C)(C)[C@H](CC)Oc1cc(C)c(C#N)c(C)c1. The van der Waals surface area contributed by atoms with E-state index in [-0.39, 0.29) is 29.4 Å². The normalized spacial score (nSPS) is 16.0.